The summed E-state index contributed by atoms with van der Waals surface area (Å²) >= 11 is 6.44. The second-order valence-electron chi connectivity index (χ2n) is 6.83. The van der Waals surface area contributed by atoms with Crippen LogP contribution < -0.4 is 10.5 Å². The molecule has 0 spiro atoms. The van der Waals surface area contributed by atoms with Gasteiger partial charge in [-0.2, -0.15) is 0 Å². The van der Waals surface area contributed by atoms with Crippen LogP contribution in [0.4, 0.5) is 5.82 Å². The van der Waals surface area contributed by atoms with Gasteiger partial charge in [-0.3, -0.25) is 18.9 Å². The van der Waals surface area contributed by atoms with E-state index in [1.165, 1.54) is 23.1 Å². The van der Waals surface area contributed by atoms with Gasteiger partial charge in [-0.15, -0.1) is 0 Å². The normalized spacial score (nSPS) is 19.6. The maximum atomic E-state index is 13.3. The Morgan fingerprint density at radius 2 is 1.96 bits per heavy atom. The van der Waals surface area contributed by atoms with Crippen LogP contribution in [0.1, 0.15) is 30.4 Å². The molecule has 0 N–H and O–H groups in total. The van der Waals surface area contributed by atoms with Gasteiger partial charge in [-0.25, -0.2) is 4.98 Å². The molecule has 0 radical (unpaired) electrons. The van der Waals surface area contributed by atoms with Crippen molar-refractivity contribution < 1.29 is 4.79 Å². The van der Waals surface area contributed by atoms with E-state index in [9.17, 15) is 9.59 Å². The third kappa shape index (κ3) is 3.17. The first-order valence-electron chi connectivity index (χ1n) is 8.96. The first-order chi connectivity index (χ1) is 13.0. The zero-order valence-electron chi connectivity index (χ0n) is 15.3. The molecule has 0 saturated carbocycles. The number of thioether (sulfide) groups is 1. The van der Waals surface area contributed by atoms with Crippen molar-refractivity contribution in [3.63, 3.8) is 0 Å². The van der Waals surface area contributed by atoms with Crippen LogP contribution in [0.25, 0.3) is 11.7 Å². The van der Waals surface area contributed by atoms with Crippen molar-refractivity contribution in [2.24, 2.45) is 0 Å². The number of pyridine rings is 1. The third-order valence-corrected chi connectivity index (χ3v) is 6.47. The monoisotopic (exact) mass is 400 g/mol. The molecule has 140 valence electrons. The second kappa shape index (κ2) is 7.09. The molecule has 2 aromatic rings. The lowest BCUT2D eigenvalue weighted by atomic mass is 10.1. The molecule has 8 heteroatoms. The van der Waals surface area contributed by atoms with Gasteiger partial charge in [0.1, 0.15) is 15.8 Å². The van der Waals surface area contributed by atoms with Gasteiger partial charge in [0, 0.05) is 26.3 Å². The van der Waals surface area contributed by atoms with E-state index in [0.29, 0.717) is 26.3 Å². The number of nitrogens with zero attached hydrogens (tertiary/aromatic N) is 4. The summed E-state index contributed by atoms with van der Waals surface area (Å²) in [5, 5.41) is 0. The molecular weight excluding hydrogens is 380 g/mol. The van der Waals surface area contributed by atoms with Crippen LogP contribution in [0.5, 0.6) is 0 Å². The minimum absolute atomic E-state index is 0.161. The first kappa shape index (κ1) is 18.2. The standard InChI is InChI=1S/C19H20N4O2S2/c1-12-7-6-10-23-15(12)20-16(22-8-4-3-5-9-22)13(17(23)24)11-14-18(25)21(2)19(26)27-14/h6-7,10-11H,3-5,8-9H2,1-2H3/b14-11-. The number of carbonyl (C=O) groups is 1. The van der Waals surface area contributed by atoms with E-state index in [-0.39, 0.29) is 11.5 Å². The minimum atomic E-state index is -0.177. The Kier molecular flexibility index (Phi) is 4.77. The largest absolute Gasteiger partial charge is 0.356 e. The zero-order chi connectivity index (χ0) is 19.1. The van der Waals surface area contributed by atoms with Crippen LogP contribution in [0.2, 0.25) is 0 Å². The molecule has 2 saturated heterocycles. The number of thiocarbonyl (C=S) groups is 1. The van der Waals surface area contributed by atoms with E-state index in [1.54, 1.807) is 23.7 Å². The van der Waals surface area contributed by atoms with Crippen LogP contribution >= 0.6 is 24.0 Å². The van der Waals surface area contributed by atoms with Crippen molar-refractivity contribution in [3.05, 3.63) is 44.7 Å². The number of carbonyl (C=O) groups excluding carboxylic acids is 1. The fourth-order valence-electron chi connectivity index (χ4n) is 3.45. The number of rotatable bonds is 2. The van der Waals surface area contributed by atoms with E-state index < -0.39 is 0 Å². The van der Waals surface area contributed by atoms with Gasteiger partial charge in [0.15, 0.2) is 0 Å². The Morgan fingerprint density at radius 3 is 2.63 bits per heavy atom. The summed E-state index contributed by atoms with van der Waals surface area (Å²) in [5.74, 6) is 0.485. The molecule has 4 rings (SSSR count). The van der Waals surface area contributed by atoms with Gasteiger partial charge in [0.2, 0.25) is 0 Å². The molecule has 0 unspecified atom stereocenters. The Morgan fingerprint density at radius 1 is 1.22 bits per heavy atom. The number of aryl methyl sites for hydroxylation is 1. The predicted octanol–water partition coefficient (Wildman–Crippen LogP) is 2.82. The number of anilines is 1. The fourth-order valence-corrected chi connectivity index (χ4v) is 4.61. The first-order valence-corrected chi connectivity index (χ1v) is 10.2. The topological polar surface area (TPSA) is 57.9 Å². The van der Waals surface area contributed by atoms with Gasteiger partial charge in [0.05, 0.1) is 10.5 Å². The molecule has 2 fully saturated rings. The molecule has 1 amide bonds. The van der Waals surface area contributed by atoms with E-state index in [4.69, 9.17) is 17.2 Å². The quantitative estimate of drug-likeness (QED) is 0.571. The summed E-state index contributed by atoms with van der Waals surface area (Å²) < 4.78 is 2.05. The number of piperidine rings is 1. The zero-order valence-corrected chi connectivity index (χ0v) is 16.9. The Labute approximate surface area is 166 Å². The highest BCUT2D eigenvalue weighted by Gasteiger charge is 2.30. The van der Waals surface area contributed by atoms with E-state index in [1.807, 2.05) is 19.1 Å². The third-order valence-electron chi connectivity index (χ3n) is 4.98. The molecule has 27 heavy (non-hydrogen) atoms. The molecular formula is C19H20N4O2S2. The number of hydrogen-bond acceptors (Lipinski definition) is 6. The highest BCUT2D eigenvalue weighted by atomic mass is 32.2. The van der Waals surface area contributed by atoms with E-state index >= 15 is 0 Å². The summed E-state index contributed by atoms with van der Waals surface area (Å²) in [4.78, 5) is 34.6. The van der Waals surface area contributed by atoms with Gasteiger partial charge in [-0.05, 0) is 43.9 Å². The predicted molar refractivity (Wildman–Crippen MR) is 113 cm³/mol. The van der Waals surface area contributed by atoms with Crippen molar-refractivity contribution in [1.29, 1.82) is 0 Å². The Balaban J connectivity index is 1.95. The van der Waals surface area contributed by atoms with Crippen LogP contribution in [-0.4, -0.2) is 44.6 Å². The van der Waals surface area contributed by atoms with Crippen molar-refractivity contribution in [3.8, 4) is 0 Å². The van der Waals surface area contributed by atoms with Crippen LogP contribution in [0.3, 0.4) is 0 Å². The number of amides is 1. The fraction of sp³-hybridized carbons (Fsp3) is 0.368. The summed E-state index contributed by atoms with van der Waals surface area (Å²) in [5.41, 5.74) is 1.89. The lowest BCUT2D eigenvalue weighted by molar-refractivity contribution is -0.121. The lowest BCUT2D eigenvalue weighted by Gasteiger charge is -2.29. The lowest BCUT2D eigenvalue weighted by Crippen LogP contribution is -2.33. The number of hydrogen-bond donors (Lipinski definition) is 0. The Bertz CT molecular complexity index is 1040. The smallest absolute Gasteiger partial charge is 0.267 e. The maximum Gasteiger partial charge on any atom is 0.267 e. The van der Waals surface area contributed by atoms with Gasteiger partial charge >= 0.3 is 0 Å². The highest BCUT2D eigenvalue weighted by Crippen LogP contribution is 2.33. The minimum Gasteiger partial charge on any atom is -0.356 e. The van der Waals surface area contributed by atoms with Crippen molar-refractivity contribution in [2.45, 2.75) is 26.2 Å². The van der Waals surface area contributed by atoms with Crippen LogP contribution in [0, 0.1) is 6.92 Å². The van der Waals surface area contributed by atoms with Crippen molar-refractivity contribution in [1.82, 2.24) is 14.3 Å². The SMILES string of the molecule is Cc1cccn2c(=O)c(/C=C3\SC(=S)N(C)C3=O)c(N3CCCCC3)nc12. The summed E-state index contributed by atoms with van der Waals surface area (Å²) in [6.45, 7) is 3.68. The molecule has 4 heterocycles. The number of fused-ring (bicyclic) bond motifs is 1. The molecule has 0 aromatic carbocycles. The van der Waals surface area contributed by atoms with Gasteiger partial charge < -0.3 is 4.90 Å². The molecule has 0 atom stereocenters. The maximum absolute atomic E-state index is 13.3. The van der Waals surface area contributed by atoms with Crippen LogP contribution in [-0.2, 0) is 4.79 Å². The molecule has 2 aliphatic rings. The second-order valence-corrected chi connectivity index (χ2v) is 8.50. The van der Waals surface area contributed by atoms with Gasteiger partial charge in [-0.1, -0.05) is 30.0 Å². The molecule has 2 aliphatic heterocycles. The molecule has 0 bridgehead atoms. The molecule has 0 aliphatic carbocycles. The van der Waals surface area contributed by atoms with Crippen molar-refractivity contribution >= 4 is 51.7 Å². The molecule has 2 aromatic heterocycles. The highest BCUT2D eigenvalue weighted by molar-refractivity contribution is 8.26. The molecule has 6 nitrogen and oxygen atoms in total. The number of aromatic nitrogens is 2. The average molecular weight is 401 g/mol. The average Bonchev–Trinajstić information content (AvgIpc) is 2.92. The van der Waals surface area contributed by atoms with E-state index in [2.05, 4.69) is 4.90 Å². The van der Waals surface area contributed by atoms with E-state index in [0.717, 1.165) is 31.5 Å². The summed E-state index contributed by atoms with van der Waals surface area (Å²) in [6.07, 6.45) is 6.72. The van der Waals surface area contributed by atoms with Gasteiger partial charge in [0.25, 0.3) is 11.5 Å². The Hall–Kier alpha value is -2.19. The summed E-state index contributed by atoms with van der Waals surface area (Å²) in [6, 6.07) is 3.78. The van der Waals surface area contributed by atoms with Crippen LogP contribution in [0.15, 0.2) is 28.0 Å². The number of likely N-dealkylation sites (N-methyl/N-ethyl adjacent to an activating group) is 1. The summed E-state index contributed by atoms with van der Waals surface area (Å²) in [7, 11) is 1.65. The van der Waals surface area contributed by atoms with Crippen molar-refractivity contribution in [2.75, 3.05) is 25.0 Å².